The topological polar surface area (TPSA) is 111 Å². The lowest BCUT2D eigenvalue weighted by Gasteiger charge is -2.28. The number of unbranched alkanes of at least 4 members (excludes halogenated alkanes) is 7. The van der Waals surface area contributed by atoms with Crippen LogP contribution in [0.4, 0.5) is 0 Å². The van der Waals surface area contributed by atoms with Crippen LogP contribution in [0.25, 0.3) is 0 Å². The van der Waals surface area contributed by atoms with E-state index in [2.05, 4.69) is 220 Å². The maximum Gasteiger partial charge on any atom is 0.306 e. The number of carbonyl (C=O) groups excluding carboxylic acids is 2. The van der Waals surface area contributed by atoms with Crippen LogP contribution in [0.2, 0.25) is 0 Å². The minimum absolute atomic E-state index is 0.0542. The zero-order valence-electron chi connectivity index (χ0n) is 53.0. The molecule has 0 aromatic heterocycles. The Bertz CT molecular complexity index is 2170. The van der Waals surface area contributed by atoms with E-state index in [0.717, 1.165) is 154 Å². The number of quaternary nitrogens is 1. The molecule has 0 spiro atoms. The van der Waals surface area contributed by atoms with Crippen LogP contribution in [-0.2, 0) is 32.7 Å². The van der Waals surface area contributed by atoms with Crippen molar-refractivity contribution in [3.63, 3.8) is 0 Å². The molecule has 0 aromatic carbocycles. The summed E-state index contributed by atoms with van der Waals surface area (Å²) in [5.41, 5.74) is 0. The number of rotatable bonds is 55. The first kappa shape index (κ1) is 78.6. The van der Waals surface area contributed by atoms with Gasteiger partial charge in [-0.2, -0.15) is 0 Å². The Labute approximate surface area is 513 Å². The van der Waals surface area contributed by atoms with Gasteiger partial charge in [-0.3, -0.25) is 14.2 Å². The summed E-state index contributed by atoms with van der Waals surface area (Å²) >= 11 is 0. The van der Waals surface area contributed by atoms with E-state index < -0.39 is 32.5 Å². The fourth-order valence-electron chi connectivity index (χ4n) is 7.48. The predicted octanol–water partition coefficient (Wildman–Crippen LogP) is 20.1. The van der Waals surface area contributed by atoms with Crippen molar-refractivity contribution in [3.05, 3.63) is 207 Å². The third kappa shape index (κ3) is 65.7. The number of carbonyl (C=O) groups is 2. The van der Waals surface area contributed by atoms with Crippen molar-refractivity contribution in [1.82, 2.24) is 0 Å². The Kier molecular flexibility index (Phi) is 58.1. The largest absolute Gasteiger partial charge is 0.756 e. The Morgan fingerprint density at radius 2 is 0.643 bits per heavy atom. The van der Waals surface area contributed by atoms with Gasteiger partial charge in [-0.25, -0.2) is 0 Å². The van der Waals surface area contributed by atoms with Crippen LogP contribution in [0, 0.1) is 0 Å². The molecule has 0 radical (unpaired) electrons. The molecule has 0 aliphatic carbocycles. The van der Waals surface area contributed by atoms with E-state index in [9.17, 15) is 19.0 Å². The van der Waals surface area contributed by atoms with Crippen LogP contribution < -0.4 is 4.89 Å². The molecule has 468 valence electrons. The molecule has 0 saturated carbocycles. The van der Waals surface area contributed by atoms with Crippen LogP contribution in [0.5, 0.6) is 0 Å². The highest BCUT2D eigenvalue weighted by molar-refractivity contribution is 7.45. The molecule has 0 amide bonds. The number of phosphoric ester groups is 1. The van der Waals surface area contributed by atoms with Gasteiger partial charge in [0.15, 0.2) is 6.10 Å². The summed E-state index contributed by atoms with van der Waals surface area (Å²) in [5, 5.41) is 0. The van der Waals surface area contributed by atoms with Gasteiger partial charge in [0.1, 0.15) is 19.8 Å². The van der Waals surface area contributed by atoms with Gasteiger partial charge in [0.25, 0.3) is 7.82 Å². The van der Waals surface area contributed by atoms with Crippen molar-refractivity contribution < 1.29 is 42.1 Å². The summed E-state index contributed by atoms with van der Waals surface area (Å²) < 4.78 is 34.1. The highest BCUT2D eigenvalue weighted by Crippen LogP contribution is 2.38. The summed E-state index contributed by atoms with van der Waals surface area (Å²) in [6, 6.07) is 0. The average Bonchev–Trinajstić information content (AvgIpc) is 3.61. The first-order valence-corrected chi connectivity index (χ1v) is 33.3. The van der Waals surface area contributed by atoms with Crippen molar-refractivity contribution >= 4 is 19.8 Å². The Hall–Kier alpha value is -5.41. The van der Waals surface area contributed by atoms with Crippen molar-refractivity contribution in [1.29, 1.82) is 0 Å². The molecule has 10 heteroatoms. The summed E-state index contributed by atoms with van der Waals surface area (Å²) in [7, 11) is 1.09. The molecule has 2 atom stereocenters. The molecule has 0 bridgehead atoms. The Morgan fingerprint density at radius 3 is 0.952 bits per heavy atom. The van der Waals surface area contributed by atoms with E-state index in [1.54, 1.807) is 0 Å². The van der Waals surface area contributed by atoms with E-state index in [0.29, 0.717) is 23.9 Å². The van der Waals surface area contributed by atoms with E-state index in [4.69, 9.17) is 18.5 Å². The van der Waals surface area contributed by atoms with Gasteiger partial charge in [-0.15, -0.1) is 0 Å². The van der Waals surface area contributed by atoms with Crippen molar-refractivity contribution in [2.24, 2.45) is 0 Å². The fraction of sp³-hybridized carbons (Fsp3) is 0.514. The van der Waals surface area contributed by atoms with Gasteiger partial charge in [0.2, 0.25) is 0 Å². The SMILES string of the molecule is CC/C=C\C/C=C\C/C=C\C/C=C\C/C=C\C/C=C\C/C=C\C/C=C\C/C=C\C/C=C\C/C=C\C/C=C\CCCCCCC(=O)OC(COC(=O)CCCCC/C=C\C/C=C\C/C=C\C/C=C\C/C=C\CC)COP(=O)([O-])OCC[N+](C)(C)C. The Morgan fingerprint density at radius 1 is 0.369 bits per heavy atom. The van der Waals surface area contributed by atoms with Crippen molar-refractivity contribution in [2.75, 3.05) is 47.5 Å². The molecule has 0 saturated heterocycles. The van der Waals surface area contributed by atoms with Crippen LogP contribution >= 0.6 is 7.82 Å². The second kappa shape index (κ2) is 62.1. The first-order valence-electron chi connectivity index (χ1n) is 31.8. The van der Waals surface area contributed by atoms with E-state index in [-0.39, 0.29) is 26.1 Å². The van der Waals surface area contributed by atoms with Gasteiger partial charge < -0.3 is 27.9 Å². The molecule has 0 heterocycles. The molecular weight excluding hydrogens is 1060 g/mol. The lowest BCUT2D eigenvalue weighted by atomic mass is 10.1. The zero-order chi connectivity index (χ0) is 61.2. The lowest BCUT2D eigenvalue weighted by Crippen LogP contribution is -2.37. The summed E-state index contributed by atoms with van der Waals surface area (Å²) in [6.45, 7) is 3.90. The molecule has 0 fully saturated rings. The number of hydrogen-bond acceptors (Lipinski definition) is 8. The second-order valence-corrected chi connectivity index (χ2v) is 22.7. The summed E-state index contributed by atoms with van der Waals surface area (Å²) in [6.07, 6.45) is 98.9. The third-order valence-corrected chi connectivity index (χ3v) is 13.3. The van der Waals surface area contributed by atoms with Gasteiger partial charge in [-0.05, 0) is 148 Å². The molecule has 0 aromatic rings. The lowest BCUT2D eigenvalue weighted by molar-refractivity contribution is -0.870. The van der Waals surface area contributed by atoms with E-state index in [1.165, 1.54) is 0 Å². The normalized spacial score (nSPS) is 14.6. The van der Waals surface area contributed by atoms with Crippen LogP contribution in [0.15, 0.2) is 207 Å². The van der Waals surface area contributed by atoms with Crippen LogP contribution in [0.1, 0.15) is 194 Å². The maximum absolute atomic E-state index is 12.8. The van der Waals surface area contributed by atoms with Crippen molar-refractivity contribution in [3.8, 4) is 0 Å². The third-order valence-electron chi connectivity index (χ3n) is 12.3. The van der Waals surface area contributed by atoms with Crippen LogP contribution in [0.3, 0.4) is 0 Å². The van der Waals surface area contributed by atoms with Gasteiger partial charge in [0.05, 0.1) is 27.7 Å². The molecule has 0 N–H and O–H groups in total. The molecule has 0 rings (SSSR count). The average molecular weight is 1180 g/mol. The molecule has 9 nitrogen and oxygen atoms in total. The smallest absolute Gasteiger partial charge is 0.306 e. The quantitative estimate of drug-likeness (QED) is 0.0195. The number of nitrogens with zero attached hydrogens (tertiary/aromatic N) is 1. The number of ether oxygens (including phenoxy) is 2. The molecule has 2 unspecified atom stereocenters. The fourth-order valence-corrected chi connectivity index (χ4v) is 8.21. The first-order chi connectivity index (χ1) is 41.0. The maximum atomic E-state index is 12.8. The van der Waals surface area contributed by atoms with E-state index >= 15 is 0 Å². The van der Waals surface area contributed by atoms with Crippen LogP contribution in [-0.4, -0.2) is 70.0 Å². The summed E-state index contributed by atoms with van der Waals surface area (Å²) in [4.78, 5) is 37.9. The van der Waals surface area contributed by atoms with Gasteiger partial charge >= 0.3 is 11.9 Å². The molecule has 84 heavy (non-hydrogen) atoms. The zero-order valence-corrected chi connectivity index (χ0v) is 53.9. The molecule has 0 aliphatic rings. The molecule has 0 aliphatic heterocycles. The number of phosphoric acid groups is 1. The van der Waals surface area contributed by atoms with Gasteiger partial charge in [-0.1, -0.05) is 240 Å². The highest BCUT2D eigenvalue weighted by Gasteiger charge is 2.21. The van der Waals surface area contributed by atoms with Crippen molar-refractivity contribution in [2.45, 2.75) is 200 Å². The minimum Gasteiger partial charge on any atom is -0.756 e. The number of likely N-dealkylation sites (N-methyl/N-ethyl adjacent to an activating group) is 1. The summed E-state index contributed by atoms with van der Waals surface area (Å²) in [5.74, 6) is -0.921. The monoisotopic (exact) mass is 1180 g/mol. The number of hydrogen-bond donors (Lipinski definition) is 0. The second-order valence-electron chi connectivity index (χ2n) is 21.3. The molecular formula is C74H114NO8P. The number of allylic oxidation sites excluding steroid dienone is 34. The van der Waals surface area contributed by atoms with E-state index in [1.807, 2.05) is 21.1 Å². The standard InChI is InChI=1S/C74H114NO8P/c1-6-8-10-12-14-16-18-20-22-24-26-27-28-29-30-31-32-33-34-35-36-37-38-39-40-41-42-43-44-45-46-47-49-51-53-55-57-59-61-63-65-67-74(77)83-72(71-82-84(78,79)81-69-68-75(3,4)5)70-80-73(76)66-64-62-60-58-56-54-52-50-48-25-23-21-19-17-15-13-11-9-7-2/h8-11,14-17,20-23,26-27,29-30,32-33,35-36,38-39,41-42,44-45,47-50,53-56,72H,6-7,12-13,18-19,24-25,28,31,34,37,40,43,46,51-52,57-71H2,1-5H3/b10-8-,11-9-,16-14-,17-15-,22-20-,23-21-,27-26-,30-29-,33-32-,36-35-,39-38-,42-41-,45-44-,49-47-,50-48-,55-53-,56-54-. The number of esters is 2. The van der Waals surface area contributed by atoms with Gasteiger partial charge in [0, 0.05) is 12.8 Å². The highest BCUT2D eigenvalue weighted by atomic mass is 31.2. The predicted molar refractivity (Wildman–Crippen MR) is 359 cm³/mol. The minimum atomic E-state index is -4.67. The Balaban J connectivity index is 4.26.